The second-order valence-electron chi connectivity index (χ2n) is 3.41. The van der Waals surface area contributed by atoms with E-state index in [1.165, 1.54) is 21.2 Å². The molecule has 112 valence electrons. The van der Waals surface area contributed by atoms with Crippen LogP contribution in [0.1, 0.15) is 55.4 Å². The second kappa shape index (κ2) is 13.9. The minimum atomic E-state index is 1.31. The molecule has 0 fully saturated rings. The molecule has 0 saturated heterocycles. The third kappa shape index (κ3) is 6.06. The van der Waals surface area contributed by atoms with Crippen LogP contribution in [0, 0.1) is 0 Å². The lowest BCUT2D eigenvalue weighted by atomic mass is 10.1. The number of fused-ring (bicyclic) bond motifs is 1. The van der Waals surface area contributed by atoms with Gasteiger partial charge in [-0.05, 0) is 47.2 Å². The average molecular weight is 272 g/mol. The van der Waals surface area contributed by atoms with Gasteiger partial charge in [-0.2, -0.15) is 0 Å². The molecule has 0 saturated carbocycles. The zero-order chi connectivity index (χ0) is 16.0. The quantitative estimate of drug-likeness (QED) is 0.592. The molecular weight excluding hydrogens is 240 g/mol. The predicted molar refractivity (Wildman–Crippen MR) is 97.5 cm³/mol. The highest BCUT2D eigenvalue weighted by atomic mass is 14.0. The maximum Gasteiger partial charge on any atom is -0.0178 e. The summed E-state index contributed by atoms with van der Waals surface area (Å²) < 4.78 is 0. The molecule has 0 aliphatic carbocycles. The maximum absolute atomic E-state index is 2.24. The maximum atomic E-state index is 2.24. The van der Waals surface area contributed by atoms with Crippen molar-refractivity contribution in [3.8, 4) is 0 Å². The van der Waals surface area contributed by atoms with Crippen molar-refractivity contribution < 1.29 is 0 Å². The van der Waals surface area contributed by atoms with Gasteiger partial charge in [0.15, 0.2) is 0 Å². The van der Waals surface area contributed by atoms with Gasteiger partial charge in [0.1, 0.15) is 0 Å². The molecule has 0 bridgehead atoms. The summed E-state index contributed by atoms with van der Waals surface area (Å²) in [5.41, 5.74) is 0. The van der Waals surface area contributed by atoms with E-state index >= 15 is 0 Å². The Morgan fingerprint density at radius 3 is 1.15 bits per heavy atom. The van der Waals surface area contributed by atoms with Crippen molar-refractivity contribution in [1.82, 2.24) is 0 Å². The summed E-state index contributed by atoms with van der Waals surface area (Å²) in [4.78, 5) is 0. The van der Waals surface area contributed by atoms with Gasteiger partial charge in [0, 0.05) is 0 Å². The van der Waals surface area contributed by atoms with Crippen LogP contribution in [-0.2, 0) is 0 Å². The molecule has 20 heavy (non-hydrogen) atoms. The van der Waals surface area contributed by atoms with Crippen LogP contribution in [0.4, 0.5) is 0 Å². The zero-order valence-corrected chi connectivity index (χ0v) is 14.6. The topological polar surface area (TPSA) is 0 Å². The van der Waals surface area contributed by atoms with E-state index in [2.05, 4.69) is 62.4 Å². The van der Waals surface area contributed by atoms with Crippen molar-refractivity contribution in [2.24, 2.45) is 0 Å². The summed E-state index contributed by atoms with van der Waals surface area (Å²) in [7, 11) is 0. The average Bonchev–Trinajstić information content (AvgIpc) is 2.59. The third-order valence-corrected chi connectivity index (χ3v) is 2.57. The lowest BCUT2D eigenvalue weighted by molar-refractivity contribution is 1.50. The first kappa shape index (κ1) is 20.8. The van der Waals surface area contributed by atoms with Gasteiger partial charge in [-0.3, -0.25) is 0 Å². The standard InChI is InChI=1S/C14H14.3C2H6/c1-3-11-9-13-7-5-6-8-14(13)10-12(11)4-2;3*1-2/h3-10H,1-2H3;3*1-2H3/b11-3-,12-4-;;;. The van der Waals surface area contributed by atoms with E-state index in [1.54, 1.807) is 0 Å². The van der Waals surface area contributed by atoms with E-state index in [1.807, 2.05) is 41.5 Å². The fraction of sp³-hybridized carbons (Fsp3) is 0.400. The fourth-order valence-electron chi connectivity index (χ4n) is 1.78. The van der Waals surface area contributed by atoms with Gasteiger partial charge < -0.3 is 0 Å². The molecule has 0 atom stereocenters. The minimum Gasteiger partial charge on any atom is -0.0798 e. The van der Waals surface area contributed by atoms with E-state index in [-0.39, 0.29) is 0 Å². The van der Waals surface area contributed by atoms with Crippen LogP contribution in [0.5, 0.6) is 0 Å². The summed E-state index contributed by atoms with van der Waals surface area (Å²) in [6, 6.07) is 13.0. The molecule has 0 heterocycles. The van der Waals surface area contributed by atoms with Gasteiger partial charge in [0.25, 0.3) is 0 Å². The van der Waals surface area contributed by atoms with Crippen LogP contribution in [0.3, 0.4) is 0 Å². The SMILES string of the molecule is C/C=c1/cc2ccccc2c/c1=C/C.CC.CC.CC. The normalized spacial score (nSPS) is 10.6. The molecule has 0 amide bonds. The molecule has 0 spiro atoms. The Kier molecular flexibility index (Phi) is 14.4. The smallest absolute Gasteiger partial charge is 0.0178 e. The van der Waals surface area contributed by atoms with E-state index in [0.717, 1.165) is 0 Å². The molecule has 2 rings (SSSR count). The van der Waals surface area contributed by atoms with Gasteiger partial charge in [-0.15, -0.1) is 0 Å². The molecule has 0 radical (unpaired) electrons. The first-order valence-electron chi connectivity index (χ1n) is 7.96. The molecule has 0 aromatic heterocycles. The Bertz CT molecular complexity index is 510. The molecule has 0 heteroatoms. The fourth-order valence-corrected chi connectivity index (χ4v) is 1.78. The third-order valence-electron chi connectivity index (χ3n) is 2.57. The van der Waals surface area contributed by atoms with Gasteiger partial charge in [-0.25, -0.2) is 0 Å². The molecule has 2 aromatic rings. The van der Waals surface area contributed by atoms with Crippen LogP contribution in [0.15, 0.2) is 36.4 Å². The van der Waals surface area contributed by atoms with Crippen molar-refractivity contribution >= 4 is 22.9 Å². The van der Waals surface area contributed by atoms with E-state index in [0.29, 0.717) is 0 Å². The number of rotatable bonds is 0. The molecule has 0 aliphatic rings. The Hall–Kier alpha value is -1.56. The van der Waals surface area contributed by atoms with Crippen LogP contribution in [-0.4, -0.2) is 0 Å². The summed E-state index contributed by atoms with van der Waals surface area (Å²) in [6.07, 6.45) is 4.31. The Morgan fingerprint density at radius 1 is 0.600 bits per heavy atom. The number of hydrogen-bond donors (Lipinski definition) is 0. The van der Waals surface area contributed by atoms with Gasteiger partial charge >= 0.3 is 0 Å². The minimum absolute atomic E-state index is 1.31. The number of hydrogen-bond acceptors (Lipinski definition) is 0. The van der Waals surface area contributed by atoms with Gasteiger partial charge in [0.05, 0.1) is 0 Å². The van der Waals surface area contributed by atoms with Crippen molar-refractivity contribution in [3.63, 3.8) is 0 Å². The molecule has 2 aromatic carbocycles. The van der Waals surface area contributed by atoms with Gasteiger partial charge in [0.2, 0.25) is 0 Å². The molecule has 0 aliphatic heterocycles. The Morgan fingerprint density at radius 2 is 0.900 bits per heavy atom. The number of benzene rings is 2. The summed E-state index contributed by atoms with van der Waals surface area (Å²) >= 11 is 0. The highest BCUT2D eigenvalue weighted by Crippen LogP contribution is 2.07. The van der Waals surface area contributed by atoms with Gasteiger partial charge in [-0.1, -0.05) is 78.0 Å². The summed E-state index contributed by atoms with van der Waals surface area (Å²) in [5.74, 6) is 0. The van der Waals surface area contributed by atoms with E-state index in [4.69, 9.17) is 0 Å². The Balaban J connectivity index is 0. The van der Waals surface area contributed by atoms with Crippen LogP contribution >= 0.6 is 0 Å². The van der Waals surface area contributed by atoms with Crippen LogP contribution < -0.4 is 10.4 Å². The van der Waals surface area contributed by atoms with E-state index in [9.17, 15) is 0 Å². The van der Waals surface area contributed by atoms with Crippen molar-refractivity contribution in [2.45, 2.75) is 55.4 Å². The highest BCUT2D eigenvalue weighted by Gasteiger charge is 1.91. The van der Waals surface area contributed by atoms with Crippen molar-refractivity contribution in [2.75, 3.05) is 0 Å². The molecular formula is C20H32. The lowest BCUT2D eigenvalue weighted by Gasteiger charge is -1.97. The Labute approximate surface area is 125 Å². The largest absolute Gasteiger partial charge is 0.0798 e. The first-order chi connectivity index (χ1) is 9.85. The summed E-state index contributed by atoms with van der Waals surface area (Å²) in [5, 5.41) is 5.25. The molecule has 0 unspecified atom stereocenters. The summed E-state index contributed by atoms with van der Waals surface area (Å²) in [6.45, 7) is 16.2. The monoisotopic (exact) mass is 272 g/mol. The van der Waals surface area contributed by atoms with Crippen molar-refractivity contribution in [1.29, 1.82) is 0 Å². The lowest BCUT2D eigenvalue weighted by Crippen LogP contribution is -2.23. The molecule has 0 nitrogen and oxygen atoms in total. The zero-order valence-electron chi connectivity index (χ0n) is 14.6. The highest BCUT2D eigenvalue weighted by molar-refractivity contribution is 5.82. The van der Waals surface area contributed by atoms with E-state index < -0.39 is 0 Å². The van der Waals surface area contributed by atoms with Crippen molar-refractivity contribution in [3.05, 3.63) is 46.8 Å². The first-order valence-corrected chi connectivity index (χ1v) is 7.96. The predicted octanol–water partition coefficient (Wildman–Crippen LogP) is 5.52. The molecule has 0 N–H and O–H groups in total. The second-order valence-corrected chi connectivity index (χ2v) is 3.41. The van der Waals surface area contributed by atoms with Crippen LogP contribution in [0.2, 0.25) is 0 Å². The van der Waals surface area contributed by atoms with Crippen LogP contribution in [0.25, 0.3) is 22.9 Å².